The summed E-state index contributed by atoms with van der Waals surface area (Å²) < 4.78 is 11.4. The van der Waals surface area contributed by atoms with E-state index in [1.165, 1.54) is 0 Å². The summed E-state index contributed by atoms with van der Waals surface area (Å²) in [4.78, 5) is 32.0. The lowest BCUT2D eigenvalue weighted by molar-refractivity contribution is 0.0697. The molecule has 0 radical (unpaired) electrons. The number of hydrogen-bond donors (Lipinski definition) is 0. The van der Waals surface area contributed by atoms with Crippen LogP contribution in [-0.2, 0) is 0 Å². The number of ether oxygens (including phenoxy) is 1. The smallest absolute Gasteiger partial charge is 0.292 e. The molecule has 0 aliphatic carbocycles. The molecule has 1 amide bonds. The van der Waals surface area contributed by atoms with E-state index < -0.39 is 0 Å². The highest BCUT2D eigenvalue weighted by Gasteiger charge is 2.34. The van der Waals surface area contributed by atoms with Crippen LogP contribution >= 0.6 is 0 Å². The van der Waals surface area contributed by atoms with Gasteiger partial charge in [0.05, 0.1) is 35.5 Å². The number of hydrogen-bond acceptors (Lipinski definition) is 7. The van der Waals surface area contributed by atoms with Crippen molar-refractivity contribution in [2.45, 2.75) is 39.7 Å². The van der Waals surface area contributed by atoms with Crippen molar-refractivity contribution in [3.05, 3.63) is 59.5 Å². The van der Waals surface area contributed by atoms with Gasteiger partial charge in [-0.15, -0.1) is 0 Å². The van der Waals surface area contributed by atoms with Crippen LogP contribution in [0.4, 0.5) is 0 Å². The van der Waals surface area contributed by atoms with Crippen molar-refractivity contribution >= 4 is 5.91 Å². The molecule has 1 fully saturated rings. The van der Waals surface area contributed by atoms with Gasteiger partial charge in [0.15, 0.2) is 11.6 Å². The third kappa shape index (κ3) is 3.45. The van der Waals surface area contributed by atoms with Gasteiger partial charge in [-0.1, -0.05) is 0 Å². The Morgan fingerprint density at radius 2 is 2.07 bits per heavy atom. The molecule has 28 heavy (non-hydrogen) atoms. The van der Waals surface area contributed by atoms with Gasteiger partial charge < -0.3 is 14.1 Å². The first-order chi connectivity index (χ1) is 13.5. The van der Waals surface area contributed by atoms with E-state index in [4.69, 9.17) is 9.15 Å². The van der Waals surface area contributed by atoms with E-state index >= 15 is 0 Å². The lowest BCUT2D eigenvalue weighted by Crippen LogP contribution is -2.31. The minimum Gasteiger partial charge on any atom is -0.436 e. The lowest BCUT2D eigenvalue weighted by atomic mass is 10.1. The van der Waals surface area contributed by atoms with Gasteiger partial charge in [-0.25, -0.2) is 9.97 Å². The average molecular weight is 379 g/mol. The number of nitrogens with zero attached hydrogens (tertiary/aromatic N) is 5. The SMILES string of the molecule is Cc1nc(C)c(C(=O)N2CCC[C@H]2c2cncc(Oc3cccnc3C)n2)o1. The van der Waals surface area contributed by atoms with Gasteiger partial charge in [-0.05, 0) is 38.8 Å². The summed E-state index contributed by atoms with van der Waals surface area (Å²) in [6.07, 6.45) is 6.64. The number of rotatable bonds is 4. The van der Waals surface area contributed by atoms with Crippen molar-refractivity contribution in [2.24, 2.45) is 0 Å². The third-order valence-corrected chi connectivity index (χ3v) is 4.76. The molecular formula is C20H21N5O3. The van der Waals surface area contributed by atoms with Crippen molar-refractivity contribution in [1.29, 1.82) is 0 Å². The predicted octanol–water partition coefficient (Wildman–Crippen LogP) is 3.55. The van der Waals surface area contributed by atoms with E-state index in [0.717, 1.165) is 18.5 Å². The molecule has 1 atom stereocenters. The molecule has 8 heteroatoms. The highest BCUT2D eigenvalue weighted by atomic mass is 16.5. The summed E-state index contributed by atoms with van der Waals surface area (Å²) in [6, 6.07) is 3.46. The molecular weight excluding hydrogens is 358 g/mol. The molecule has 1 saturated heterocycles. The summed E-state index contributed by atoms with van der Waals surface area (Å²) in [5, 5.41) is 0. The van der Waals surface area contributed by atoms with Gasteiger partial charge in [-0.2, -0.15) is 0 Å². The fourth-order valence-corrected chi connectivity index (χ4v) is 3.44. The van der Waals surface area contributed by atoms with Crippen LogP contribution in [0.3, 0.4) is 0 Å². The Morgan fingerprint density at radius 3 is 2.82 bits per heavy atom. The topological polar surface area (TPSA) is 94.2 Å². The van der Waals surface area contributed by atoms with E-state index in [1.807, 2.05) is 13.0 Å². The Balaban J connectivity index is 1.59. The van der Waals surface area contributed by atoms with Crippen LogP contribution in [0.25, 0.3) is 0 Å². The maximum absolute atomic E-state index is 13.0. The molecule has 3 aromatic heterocycles. The molecule has 1 aliphatic rings. The van der Waals surface area contributed by atoms with Gasteiger partial charge in [0.25, 0.3) is 5.91 Å². The van der Waals surface area contributed by atoms with E-state index in [0.29, 0.717) is 35.5 Å². The van der Waals surface area contributed by atoms with Crippen molar-refractivity contribution in [3.63, 3.8) is 0 Å². The first-order valence-corrected chi connectivity index (χ1v) is 9.19. The van der Waals surface area contributed by atoms with Crippen molar-refractivity contribution in [2.75, 3.05) is 6.54 Å². The van der Waals surface area contributed by atoms with Crippen LogP contribution in [-0.4, -0.2) is 37.3 Å². The molecule has 8 nitrogen and oxygen atoms in total. The summed E-state index contributed by atoms with van der Waals surface area (Å²) in [6.45, 7) is 6.01. The summed E-state index contributed by atoms with van der Waals surface area (Å²) >= 11 is 0. The maximum Gasteiger partial charge on any atom is 0.292 e. The molecule has 1 aliphatic heterocycles. The quantitative estimate of drug-likeness (QED) is 0.684. The second-order valence-electron chi connectivity index (χ2n) is 6.78. The summed E-state index contributed by atoms with van der Waals surface area (Å²) in [5.74, 6) is 1.60. The molecule has 0 bridgehead atoms. The fraction of sp³-hybridized carbons (Fsp3) is 0.350. The zero-order chi connectivity index (χ0) is 19.7. The predicted molar refractivity (Wildman–Crippen MR) is 100 cm³/mol. The lowest BCUT2D eigenvalue weighted by Gasteiger charge is -2.23. The maximum atomic E-state index is 13.0. The van der Waals surface area contributed by atoms with Crippen LogP contribution in [0, 0.1) is 20.8 Å². The Bertz CT molecular complexity index is 1020. The van der Waals surface area contributed by atoms with Crippen LogP contribution in [0.2, 0.25) is 0 Å². The Labute approximate surface area is 162 Å². The number of amides is 1. The Hall–Kier alpha value is -3.29. The minimum absolute atomic E-state index is 0.170. The van der Waals surface area contributed by atoms with Crippen molar-refractivity contribution < 1.29 is 13.9 Å². The van der Waals surface area contributed by atoms with Crippen LogP contribution in [0.5, 0.6) is 11.6 Å². The summed E-state index contributed by atoms with van der Waals surface area (Å²) in [5.41, 5.74) is 2.06. The molecule has 4 heterocycles. The first-order valence-electron chi connectivity index (χ1n) is 9.19. The first kappa shape index (κ1) is 18.1. The van der Waals surface area contributed by atoms with E-state index in [-0.39, 0.29) is 17.7 Å². The average Bonchev–Trinajstić information content (AvgIpc) is 3.30. The van der Waals surface area contributed by atoms with E-state index in [1.54, 1.807) is 43.4 Å². The highest BCUT2D eigenvalue weighted by Crippen LogP contribution is 2.33. The molecule has 0 saturated carbocycles. The Morgan fingerprint density at radius 1 is 1.21 bits per heavy atom. The number of oxazole rings is 1. The monoisotopic (exact) mass is 379 g/mol. The molecule has 0 N–H and O–H groups in total. The molecule has 0 unspecified atom stereocenters. The number of carbonyl (C=O) groups excluding carboxylic acids is 1. The fourth-order valence-electron chi connectivity index (χ4n) is 3.44. The molecule has 0 aromatic carbocycles. The highest BCUT2D eigenvalue weighted by molar-refractivity contribution is 5.93. The van der Waals surface area contributed by atoms with Gasteiger partial charge in [0.2, 0.25) is 11.6 Å². The second-order valence-corrected chi connectivity index (χ2v) is 6.78. The standard InChI is InChI=1S/C20H21N5O3/c1-12-17(7-4-8-22-12)28-18-11-21-10-15(24-18)16-6-5-9-25(16)20(26)19-13(2)23-14(3)27-19/h4,7-8,10-11,16H,5-6,9H2,1-3H3/t16-/m0/s1. The van der Waals surface area contributed by atoms with Crippen LogP contribution in [0.15, 0.2) is 35.1 Å². The van der Waals surface area contributed by atoms with Gasteiger partial charge >= 0.3 is 0 Å². The van der Waals surface area contributed by atoms with Crippen LogP contribution in [0.1, 0.15) is 52.4 Å². The van der Waals surface area contributed by atoms with E-state index in [9.17, 15) is 4.79 Å². The summed E-state index contributed by atoms with van der Waals surface area (Å²) in [7, 11) is 0. The van der Waals surface area contributed by atoms with Gasteiger partial charge in [0, 0.05) is 19.7 Å². The number of likely N-dealkylation sites (tertiary alicyclic amines) is 1. The largest absolute Gasteiger partial charge is 0.436 e. The number of aromatic nitrogens is 4. The zero-order valence-corrected chi connectivity index (χ0v) is 16.0. The minimum atomic E-state index is -0.177. The van der Waals surface area contributed by atoms with Crippen molar-refractivity contribution in [3.8, 4) is 11.6 Å². The number of carbonyl (C=O) groups is 1. The van der Waals surface area contributed by atoms with E-state index in [2.05, 4.69) is 19.9 Å². The second kappa shape index (κ2) is 7.38. The number of pyridine rings is 1. The Kier molecular flexibility index (Phi) is 4.77. The molecule has 144 valence electrons. The molecule has 0 spiro atoms. The molecule has 3 aromatic rings. The van der Waals surface area contributed by atoms with Gasteiger partial charge in [0.1, 0.15) is 0 Å². The van der Waals surface area contributed by atoms with Crippen LogP contribution < -0.4 is 4.74 Å². The third-order valence-electron chi connectivity index (χ3n) is 4.76. The van der Waals surface area contributed by atoms with Crippen molar-refractivity contribution in [1.82, 2.24) is 24.8 Å². The number of aryl methyl sites for hydroxylation is 3. The zero-order valence-electron chi connectivity index (χ0n) is 16.0. The molecule has 4 rings (SSSR count). The van der Waals surface area contributed by atoms with Gasteiger partial charge in [-0.3, -0.25) is 14.8 Å². The normalized spacial score (nSPS) is 16.4.